The van der Waals surface area contributed by atoms with E-state index in [0.717, 1.165) is 17.1 Å². The average Bonchev–Trinajstić information content (AvgIpc) is 3.34. The van der Waals surface area contributed by atoms with Crippen molar-refractivity contribution < 1.29 is 23.0 Å². The summed E-state index contributed by atoms with van der Waals surface area (Å²) < 4.78 is 40.8. The maximum Gasteiger partial charge on any atom is 0.387 e. The van der Waals surface area contributed by atoms with Crippen LogP contribution in [-0.2, 0) is 13.0 Å². The van der Waals surface area contributed by atoms with E-state index in [9.17, 15) is 8.78 Å². The van der Waals surface area contributed by atoms with E-state index < -0.39 is 6.61 Å². The van der Waals surface area contributed by atoms with Crippen molar-refractivity contribution in [1.82, 2.24) is 15.6 Å². The Morgan fingerprint density at radius 1 is 1.26 bits per heavy atom. The molecule has 172 valence electrons. The summed E-state index contributed by atoms with van der Waals surface area (Å²) in [5, 5.41) is 9.60. The molecule has 3 rings (SSSR count). The van der Waals surface area contributed by atoms with Crippen molar-refractivity contribution in [3.05, 3.63) is 33.8 Å². The second kappa shape index (κ2) is 12.2. The average molecular weight is 568 g/mol. The number of nitrogens with one attached hydrogen (secondary N) is 2. The molecule has 0 spiro atoms. The van der Waals surface area contributed by atoms with Gasteiger partial charge in [0.25, 0.3) is 0 Å². The molecule has 0 saturated heterocycles. The maximum absolute atomic E-state index is 12.8. The van der Waals surface area contributed by atoms with E-state index in [1.807, 2.05) is 6.92 Å². The van der Waals surface area contributed by atoms with Gasteiger partial charge in [-0.2, -0.15) is 8.78 Å². The molecular formula is C20H27F2IN4O3S. The van der Waals surface area contributed by atoms with Gasteiger partial charge in [-0.25, -0.2) is 9.98 Å². The third-order valence-electron chi connectivity index (χ3n) is 4.26. The normalized spacial score (nSPS) is 12.8. The molecule has 0 bridgehead atoms. The first kappa shape index (κ1) is 25.4. The lowest BCUT2D eigenvalue weighted by atomic mass is 10.1. The van der Waals surface area contributed by atoms with Gasteiger partial charge in [0.15, 0.2) is 17.5 Å². The number of hydrogen-bond donors (Lipinski definition) is 2. The first-order chi connectivity index (χ1) is 14.5. The topological polar surface area (TPSA) is 77.0 Å². The van der Waals surface area contributed by atoms with E-state index >= 15 is 0 Å². The fraction of sp³-hybridized carbons (Fsp3) is 0.500. The van der Waals surface area contributed by atoms with Gasteiger partial charge < -0.3 is 24.8 Å². The molecule has 0 unspecified atom stereocenters. The summed E-state index contributed by atoms with van der Waals surface area (Å²) in [4.78, 5) is 9.12. The largest absolute Gasteiger partial charge is 0.454 e. The molecule has 0 radical (unpaired) electrons. The molecule has 0 atom stereocenters. The summed E-state index contributed by atoms with van der Waals surface area (Å²) in [5.41, 5.74) is 1.52. The van der Waals surface area contributed by atoms with E-state index in [1.54, 1.807) is 17.4 Å². The molecular weight excluding hydrogens is 541 g/mol. The standard InChI is InChI=1S/C20H26F2N4O3S.HI/c1-4-23-20(24-6-5-14-10-30-18(26-14)12(2)3)25-9-13-7-16-17(28-11-27-16)8-15(13)29-19(21)22;/h7-8,10,12,19H,4-6,9,11H2,1-3H3,(H2,23,24,25);1H. The van der Waals surface area contributed by atoms with Crippen LogP contribution < -0.4 is 24.8 Å². The zero-order valence-electron chi connectivity index (χ0n) is 17.6. The van der Waals surface area contributed by atoms with Crippen molar-refractivity contribution in [1.29, 1.82) is 0 Å². The van der Waals surface area contributed by atoms with Crippen molar-refractivity contribution >= 4 is 41.3 Å². The number of benzene rings is 1. The maximum atomic E-state index is 12.8. The highest BCUT2D eigenvalue weighted by Gasteiger charge is 2.20. The molecule has 0 fully saturated rings. The Kier molecular flexibility index (Phi) is 10.0. The molecule has 0 saturated carbocycles. The van der Waals surface area contributed by atoms with Crippen LogP contribution in [0, 0.1) is 0 Å². The summed E-state index contributed by atoms with van der Waals surface area (Å²) in [7, 11) is 0. The molecule has 1 aliphatic heterocycles. The Morgan fingerprint density at radius 2 is 2.00 bits per heavy atom. The fourth-order valence-corrected chi connectivity index (χ4v) is 3.68. The van der Waals surface area contributed by atoms with Gasteiger partial charge >= 0.3 is 6.61 Å². The number of hydrogen-bond acceptors (Lipinski definition) is 6. The molecule has 31 heavy (non-hydrogen) atoms. The van der Waals surface area contributed by atoms with Gasteiger partial charge in [0.05, 0.1) is 17.2 Å². The number of alkyl halides is 2. The van der Waals surface area contributed by atoms with Crippen molar-refractivity contribution in [3.63, 3.8) is 0 Å². The Bertz CT molecular complexity index is 880. The van der Waals surface area contributed by atoms with Crippen molar-refractivity contribution in [2.45, 2.75) is 46.3 Å². The van der Waals surface area contributed by atoms with Crippen LogP contribution in [0.4, 0.5) is 8.78 Å². The van der Waals surface area contributed by atoms with Crippen LogP contribution >= 0.6 is 35.3 Å². The smallest absolute Gasteiger partial charge is 0.387 e. The third-order valence-corrected chi connectivity index (χ3v) is 5.45. The van der Waals surface area contributed by atoms with Crippen LogP contribution in [0.3, 0.4) is 0 Å². The SMILES string of the molecule is CCNC(=NCc1cc2c(cc1OC(F)F)OCO2)NCCc1csc(C(C)C)n1.I. The van der Waals surface area contributed by atoms with Crippen molar-refractivity contribution in [2.75, 3.05) is 19.9 Å². The number of halogens is 3. The highest BCUT2D eigenvalue weighted by atomic mass is 127. The van der Waals surface area contributed by atoms with Gasteiger partial charge in [-0.05, 0) is 13.0 Å². The zero-order valence-corrected chi connectivity index (χ0v) is 20.8. The lowest BCUT2D eigenvalue weighted by molar-refractivity contribution is -0.0505. The number of thiazole rings is 1. The molecule has 1 aliphatic rings. The second-order valence-electron chi connectivity index (χ2n) is 6.90. The number of ether oxygens (including phenoxy) is 3. The first-order valence-corrected chi connectivity index (χ1v) is 10.7. The molecule has 2 N–H and O–H groups in total. The summed E-state index contributed by atoms with van der Waals surface area (Å²) in [5.74, 6) is 1.90. The first-order valence-electron chi connectivity index (χ1n) is 9.80. The highest BCUT2D eigenvalue weighted by Crippen LogP contribution is 2.39. The van der Waals surface area contributed by atoms with Gasteiger partial charge in [0.1, 0.15) is 5.75 Å². The van der Waals surface area contributed by atoms with E-state index in [0.29, 0.717) is 42.0 Å². The molecule has 0 amide bonds. The Morgan fingerprint density at radius 3 is 2.65 bits per heavy atom. The Labute approximate surface area is 201 Å². The van der Waals surface area contributed by atoms with Crippen molar-refractivity contribution in [2.24, 2.45) is 4.99 Å². The number of nitrogens with zero attached hydrogens (tertiary/aromatic N) is 2. The third kappa shape index (κ3) is 7.34. The molecule has 2 aromatic rings. The summed E-state index contributed by atoms with van der Waals surface area (Å²) in [6.45, 7) is 4.78. The molecule has 0 aliphatic carbocycles. The number of fused-ring (bicyclic) bond motifs is 1. The van der Waals surface area contributed by atoms with Crippen LogP contribution in [-0.4, -0.2) is 37.4 Å². The summed E-state index contributed by atoms with van der Waals surface area (Å²) in [6, 6.07) is 3.03. The predicted octanol–water partition coefficient (Wildman–Crippen LogP) is 4.51. The Hall–Kier alpha value is -1.89. The minimum Gasteiger partial charge on any atom is -0.454 e. The number of aromatic nitrogens is 1. The zero-order chi connectivity index (χ0) is 21.5. The molecule has 11 heteroatoms. The van der Waals surface area contributed by atoms with Gasteiger partial charge in [0.2, 0.25) is 6.79 Å². The van der Waals surface area contributed by atoms with Gasteiger partial charge in [-0.15, -0.1) is 35.3 Å². The highest BCUT2D eigenvalue weighted by molar-refractivity contribution is 14.0. The quantitative estimate of drug-likeness (QED) is 0.264. The number of aliphatic imine (C=N–C) groups is 1. The monoisotopic (exact) mass is 568 g/mol. The molecule has 1 aromatic carbocycles. The van der Waals surface area contributed by atoms with E-state index in [4.69, 9.17) is 9.47 Å². The van der Waals surface area contributed by atoms with Crippen LogP contribution in [0.1, 0.15) is 43.0 Å². The fourth-order valence-electron chi connectivity index (χ4n) is 2.81. The minimum absolute atomic E-state index is 0. The van der Waals surface area contributed by atoms with Crippen molar-refractivity contribution in [3.8, 4) is 17.2 Å². The minimum atomic E-state index is -2.94. The summed E-state index contributed by atoms with van der Waals surface area (Å²) >= 11 is 1.67. The van der Waals surface area contributed by atoms with Crippen LogP contribution in [0.2, 0.25) is 0 Å². The molecule has 1 aromatic heterocycles. The van der Waals surface area contributed by atoms with Gasteiger partial charge in [-0.1, -0.05) is 13.8 Å². The van der Waals surface area contributed by atoms with Crippen LogP contribution in [0.15, 0.2) is 22.5 Å². The van der Waals surface area contributed by atoms with Gasteiger partial charge in [-0.3, -0.25) is 0 Å². The predicted molar refractivity (Wildman–Crippen MR) is 127 cm³/mol. The van der Waals surface area contributed by atoms with E-state index in [2.05, 4.69) is 44.6 Å². The molecule has 2 heterocycles. The number of rotatable bonds is 9. The van der Waals surface area contributed by atoms with Crippen LogP contribution in [0.25, 0.3) is 0 Å². The summed E-state index contributed by atoms with van der Waals surface area (Å²) in [6.07, 6.45) is 0.761. The lowest BCUT2D eigenvalue weighted by Gasteiger charge is -2.13. The number of guanidine groups is 1. The molecule has 7 nitrogen and oxygen atoms in total. The van der Waals surface area contributed by atoms with E-state index in [-0.39, 0.29) is 43.1 Å². The Balaban J connectivity index is 0.00000341. The van der Waals surface area contributed by atoms with Crippen LogP contribution in [0.5, 0.6) is 17.2 Å². The lowest BCUT2D eigenvalue weighted by Crippen LogP contribution is -2.38. The van der Waals surface area contributed by atoms with Gasteiger partial charge in [0, 0.05) is 42.4 Å². The van der Waals surface area contributed by atoms with E-state index in [1.165, 1.54) is 6.07 Å². The second-order valence-corrected chi connectivity index (χ2v) is 7.79.